The van der Waals surface area contributed by atoms with Crippen LogP contribution < -0.4 is 16.0 Å². The van der Waals surface area contributed by atoms with E-state index in [1.807, 2.05) is 31.3 Å². The fourth-order valence-corrected chi connectivity index (χ4v) is 4.40. The topological polar surface area (TPSA) is 83.1 Å². The third kappa shape index (κ3) is 3.67. The number of benzene rings is 2. The van der Waals surface area contributed by atoms with Crippen LogP contribution in [0.5, 0.6) is 0 Å². The summed E-state index contributed by atoms with van der Waals surface area (Å²) in [6.45, 7) is 0.405. The molecule has 0 aliphatic carbocycles. The molecule has 6 nitrogen and oxygen atoms in total. The molecule has 0 atom stereocenters. The predicted octanol–water partition coefficient (Wildman–Crippen LogP) is 3.83. The summed E-state index contributed by atoms with van der Waals surface area (Å²) < 4.78 is 0. The number of hydrogen-bond donors (Lipinski definition) is 3. The van der Waals surface area contributed by atoms with E-state index in [1.54, 1.807) is 24.4 Å². The standard InChI is InChI=1S/C19H16N4O2S2/c1-20-19-22-10-12(26-19)9-21-17(24)11-6-7-16-14(8-11)23-18(25)13-4-2-3-5-15(13)27-16/h2-8,10H,9H2,1H3,(H,20,22)(H,21,24)(H,23,25). The highest BCUT2D eigenvalue weighted by Crippen LogP contribution is 2.38. The molecule has 0 spiro atoms. The molecule has 0 unspecified atom stereocenters. The van der Waals surface area contributed by atoms with E-state index in [2.05, 4.69) is 20.9 Å². The van der Waals surface area contributed by atoms with Crippen molar-refractivity contribution in [3.63, 3.8) is 0 Å². The summed E-state index contributed by atoms with van der Waals surface area (Å²) in [5.74, 6) is -0.364. The summed E-state index contributed by atoms with van der Waals surface area (Å²) in [6, 6.07) is 12.8. The smallest absolute Gasteiger partial charge is 0.256 e. The molecule has 3 N–H and O–H groups in total. The Morgan fingerprint density at radius 3 is 2.85 bits per heavy atom. The van der Waals surface area contributed by atoms with Gasteiger partial charge in [-0.1, -0.05) is 23.9 Å². The zero-order chi connectivity index (χ0) is 18.8. The molecular weight excluding hydrogens is 380 g/mol. The lowest BCUT2D eigenvalue weighted by atomic mass is 10.1. The summed E-state index contributed by atoms with van der Waals surface area (Å²) in [5.41, 5.74) is 1.78. The van der Waals surface area contributed by atoms with Crippen molar-refractivity contribution >= 4 is 45.7 Å². The molecule has 1 aliphatic heterocycles. The molecule has 0 saturated carbocycles. The van der Waals surface area contributed by atoms with Gasteiger partial charge in [-0.05, 0) is 30.3 Å². The van der Waals surface area contributed by atoms with Crippen molar-refractivity contribution in [3.8, 4) is 0 Å². The highest BCUT2D eigenvalue weighted by atomic mass is 32.2. The second-order valence-electron chi connectivity index (χ2n) is 5.83. The highest BCUT2D eigenvalue weighted by molar-refractivity contribution is 7.99. The molecular formula is C19H16N4O2S2. The van der Waals surface area contributed by atoms with Gasteiger partial charge in [-0.3, -0.25) is 9.59 Å². The number of amides is 2. The van der Waals surface area contributed by atoms with Gasteiger partial charge in [-0.15, -0.1) is 11.3 Å². The second kappa shape index (κ2) is 7.42. The van der Waals surface area contributed by atoms with Gasteiger partial charge in [-0.25, -0.2) is 4.98 Å². The van der Waals surface area contributed by atoms with E-state index < -0.39 is 0 Å². The predicted molar refractivity (Wildman–Crippen MR) is 108 cm³/mol. The molecule has 2 aromatic carbocycles. The second-order valence-corrected chi connectivity index (χ2v) is 8.03. The average molecular weight is 396 g/mol. The zero-order valence-electron chi connectivity index (χ0n) is 14.4. The van der Waals surface area contributed by atoms with Crippen molar-refractivity contribution in [2.24, 2.45) is 0 Å². The van der Waals surface area contributed by atoms with E-state index in [0.717, 1.165) is 19.8 Å². The van der Waals surface area contributed by atoms with E-state index in [4.69, 9.17) is 0 Å². The minimum Gasteiger partial charge on any atom is -0.365 e. The Balaban J connectivity index is 1.52. The Hall–Kier alpha value is -2.84. The van der Waals surface area contributed by atoms with Crippen molar-refractivity contribution in [2.75, 3.05) is 17.7 Å². The van der Waals surface area contributed by atoms with Gasteiger partial charge in [0.05, 0.1) is 17.8 Å². The van der Waals surface area contributed by atoms with Crippen molar-refractivity contribution < 1.29 is 9.59 Å². The van der Waals surface area contributed by atoms with Crippen molar-refractivity contribution in [1.82, 2.24) is 10.3 Å². The van der Waals surface area contributed by atoms with Gasteiger partial charge in [0.15, 0.2) is 5.13 Å². The maximum Gasteiger partial charge on any atom is 0.256 e. The first-order valence-corrected chi connectivity index (χ1v) is 9.90. The van der Waals surface area contributed by atoms with Crippen LogP contribution in [0, 0.1) is 0 Å². The number of carbonyl (C=O) groups excluding carboxylic acids is 2. The molecule has 3 aromatic rings. The number of carbonyl (C=O) groups is 2. The summed E-state index contributed by atoms with van der Waals surface area (Å²) in [6.07, 6.45) is 1.74. The van der Waals surface area contributed by atoms with Gasteiger partial charge in [-0.2, -0.15) is 0 Å². The molecule has 8 heteroatoms. The highest BCUT2D eigenvalue weighted by Gasteiger charge is 2.20. The van der Waals surface area contributed by atoms with Gasteiger partial charge in [0, 0.05) is 33.5 Å². The Labute approximate surface area is 164 Å². The molecule has 136 valence electrons. The molecule has 0 saturated heterocycles. The van der Waals surface area contributed by atoms with Crippen LogP contribution in [0.3, 0.4) is 0 Å². The molecule has 0 bridgehead atoms. The first-order chi connectivity index (χ1) is 13.1. The maximum atomic E-state index is 12.5. The Kier molecular flexibility index (Phi) is 4.83. The lowest BCUT2D eigenvalue weighted by molar-refractivity contribution is 0.0949. The lowest BCUT2D eigenvalue weighted by Crippen LogP contribution is -2.22. The minimum atomic E-state index is -0.196. The number of rotatable bonds is 4. The van der Waals surface area contributed by atoms with Crippen LogP contribution >= 0.6 is 23.1 Å². The van der Waals surface area contributed by atoms with E-state index in [-0.39, 0.29) is 11.8 Å². The van der Waals surface area contributed by atoms with Crippen LogP contribution in [0.2, 0.25) is 0 Å². The van der Waals surface area contributed by atoms with E-state index in [0.29, 0.717) is 23.4 Å². The van der Waals surface area contributed by atoms with Gasteiger partial charge < -0.3 is 16.0 Å². The molecule has 2 amide bonds. The number of thiazole rings is 1. The SMILES string of the molecule is CNc1ncc(CNC(=O)c2ccc3c(c2)NC(=O)c2ccccc2S3)s1. The molecule has 4 rings (SSSR count). The number of anilines is 2. The Morgan fingerprint density at radius 1 is 1.19 bits per heavy atom. The van der Waals surface area contributed by atoms with Crippen molar-refractivity contribution in [1.29, 1.82) is 0 Å². The van der Waals surface area contributed by atoms with E-state index in [9.17, 15) is 9.59 Å². The van der Waals surface area contributed by atoms with E-state index >= 15 is 0 Å². The van der Waals surface area contributed by atoms with Crippen LogP contribution in [0.25, 0.3) is 0 Å². The molecule has 0 fully saturated rings. The number of fused-ring (bicyclic) bond motifs is 2. The van der Waals surface area contributed by atoms with Crippen LogP contribution in [-0.2, 0) is 6.54 Å². The van der Waals surface area contributed by atoms with Gasteiger partial charge >= 0.3 is 0 Å². The number of nitrogens with zero attached hydrogens (tertiary/aromatic N) is 1. The largest absolute Gasteiger partial charge is 0.365 e. The van der Waals surface area contributed by atoms with Crippen LogP contribution in [-0.4, -0.2) is 23.8 Å². The quantitative estimate of drug-likeness (QED) is 0.624. The van der Waals surface area contributed by atoms with E-state index in [1.165, 1.54) is 23.1 Å². The molecule has 0 radical (unpaired) electrons. The van der Waals surface area contributed by atoms with Gasteiger partial charge in [0.25, 0.3) is 11.8 Å². The number of hydrogen-bond acceptors (Lipinski definition) is 6. The molecule has 1 aliphatic rings. The third-order valence-corrected chi connectivity index (χ3v) is 6.20. The third-order valence-electron chi connectivity index (χ3n) is 4.03. The van der Waals surface area contributed by atoms with Crippen molar-refractivity contribution in [3.05, 3.63) is 64.7 Å². The fraction of sp³-hybridized carbons (Fsp3) is 0.105. The monoisotopic (exact) mass is 396 g/mol. The first-order valence-electron chi connectivity index (χ1n) is 8.27. The van der Waals surface area contributed by atoms with Gasteiger partial charge in [0.2, 0.25) is 0 Å². The Morgan fingerprint density at radius 2 is 2.04 bits per heavy atom. The van der Waals surface area contributed by atoms with Crippen LogP contribution in [0.4, 0.5) is 10.8 Å². The van der Waals surface area contributed by atoms with Crippen molar-refractivity contribution in [2.45, 2.75) is 16.3 Å². The first kappa shape index (κ1) is 17.6. The Bertz CT molecular complexity index is 1030. The number of aromatic nitrogens is 1. The normalized spacial score (nSPS) is 12.4. The summed E-state index contributed by atoms with van der Waals surface area (Å²) in [4.78, 5) is 31.9. The van der Waals surface area contributed by atoms with Crippen LogP contribution in [0.15, 0.2) is 58.5 Å². The van der Waals surface area contributed by atoms with Gasteiger partial charge in [0.1, 0.15) is 0 Å². The van der Waals surface area contributed by atoms with Crippen LogP contribution in [0.1, 0.15) is 25.6 Å². The summed E-state index contributed by atoms with van der Waals surface area (Å²) in [7, 11) is 1.81. The lowest BCUT2D eigenvalue weighted by Gasteiger charge is -2.09. The maximum absolute atomic E-state index is 12.5. The summed E-state index contributed by atoms with van der Waals surface area (Å²) >= 11 is 3.01. The summed E-state index contributed by atoms with van der Waals surface area (Å²) in [5, 5.41) is 9.57. The minimum absolute atomic E-state index is 0.168. The molecule has 2 heterocycles. The number of nitrogens with one attached hydrogen (secondary N) is 3. The zero-order valence-corrected chi connectivity index (χ0v) is 16.0. The average Bonchev–Trinajstić information content (AvgIpc) is 3.10. The fourth-order valence-electron chi connectivity index (χ4n) is 2.68. The molecule has 1 aromatic heterocycles. The molecule has 27 heavy (non-hydrogen) atoms.